The summed E-state index contributed by atoms with van der Waals surface area (Å²) in [4.78, 5) is 21.2. The molecule has 1 aliphatic rings. The van der Waals surface area contributed by atoms with Crippen LogP contribution in [-0.4, -0.2) is 76.5 Å². The smallest absolute Gasteiger partial charge is 0.261 e. The Morgan fingerprint density at radius 3 is 2.76 bits per heavy atom. The highest BCUT2D eigenvalue weighted by Crippen LogP contribution is 2.36. The first-order chi connectivity index (χ1) is 16.5. The van der Waals surface area contributed by atoms with Crippen LogP contribution in [0.15, 0.2) is 36.8 Å². The van der Waals surface area contributed by atoms with Crippen LogP contribution in [0.25, 0.3) is 5.65 Å². The van der Waals surface area contributed by atoms with Gasteiger partial charge in [-0.3, -0.25) is 9.69 Å². The minimum Gasteiger partial charge on any atom is -0.467 e. The molecular weight excluding hydrogens is 446 g/mol. The number of aliphatic hydroxyl groups excluding tert-OH is 1. The average Bonchev–Trinajstić information content (AvgIpc) is 3.25. The zero-order valence-corrected chi connectivity index (χ0v) is 19.0. The van der Waals surface area contributed by atoms with Gasteiger partial charge in [-0.15, -0.1) is 0 Å². The third-order valence-electron chi connectivity index (χ3n) is 5.80. The molecule has 9 nitrogen and oxygen atoms in total. The SMILES string of the molecule is CCCc1cc(NC(=O)c2cnn3cccnc23)c(N2CCN(CC(F)F)CC2)cc1OCO. The number of nitrogens with one attached hydrogen (secondary N) is 1. The van der Waals surface area contributed by atoms with Crippen LogP contribution in [0, 0.1) is 0 Å². The van der Waals surface area contributed by atoms with E-state index in [1.54, 1.807) is 29.4 Å². The number of carbonyl (C=O) groups excluding carboxylic acids is 1. The summed E-state index contributed by atoms with van der Waals surface area (Å²) in [6.45, 7) is 3.28. The number of alkyl halides is 2. The predicted octanol–water partition coefficient (Wildman–Crippen LogP) is 2.65. The summed E-state index contributed by atoms with van der Waals surface area (Å²) in [7, 11) is 0. The van der Waals surface area contributed by atoms with Crippen LogP contribution in [0.2, 0.25) is 0 Å². The molecule has 2 aromatic heterocycles. The normalized spacial score (nSPS) is 14.7. The lowest BCUT2D eigenvalue weighted by molar-refractivity contribution is 0.0854. The molecule has 3 aromatic rings. The molecule has 0 bridgehead atoms. The Labute approximate surface area is 195 Å². The third kappa shape index (κ3) is 5.26. The van der Waals surface area contributed by atoms with E-state index in [-0.39, 0.29) is 12.5 Å². The van der Waals surface area contributed by atoms with Gasteiger partial charge in [-0.1, -0.05) is 13.3 Å². The van der Waals surface area contributed by atoms with Gasteiger partial charge < -0.3 is 20.1 Å². The average molecular weight is 475 g/mol. The summed E-state index contributed by atoms with van der Waals surface area (Å²) < 4.78 is 32.6. The summed E-state index contributed by atoms with van der Waals surface area (Å²) in [5.41, 5.74) is 2.91. The molecular formula is C23H28F2N6O3. The van der Waals surface area contributed by atoms with Gasteiger partial charge in [0, 0.05) is 44.6 Å². The van der Waals surface area contributed by atoms with E-state index in [0.717, 1.165) is 12.0 Å². The molecule has 0 spiro atoms. The molecule has 0 atom stereocenters. The largest absolute Gasteiger partial charge is 0.467 e. The fourth-order valence-corrected chi connectivity index (χ4v) is 4.19. The van der Waals surface area contributed by atoms with Crippen LogP contribution in [-0.2, 0) is 6.42 Å². The highest BCUT2D eigenvalue weighted by Gasteiger charge is 2.24. The first-order valence-corrected chi connectivity index (χ1v) is 11.3. The summed E-state index contributed by atoms with van der Waals surface area (Å²) in [5, 5.41) is 16.5. The second-order valence-electron chi connectivity index (χ2n) is 8.08. The van der Waals surface area contributed by atoms with Crippen molar-refractivity contribution < 1.29 is 23.4 Å². The van der Waals surface area contributed by atoms with Crippen LogP contribution in [0.5, 0.6) is 5.75 Å². The van der Waals surface area contributed by atoms with Crippen LogP contribution in [0.1, 0.15) is 29.3 Å². The Hall–Kier alpha value is -3.31. The number of fused-ring (bicyclic) bond motifs is 1. The maximum absolute atomic E-state index is 13.2. The molecule has 1 aliphatic heterocycles. The Bertz CT molecular complexity index is 1130. The minimum absolute atomic E-state index is 0.256. The van der Waals surface area contributed by atoms with E-state index in [1.165, 1.54) is 10.7 Å². The molecule has 1 saturated heterocycles. The Balaban J connectivity index is 1.65. The molecule has 0 aliphatic carbocycles. The Kier molecular flexibility index (Phi) is 7.53. The highest BCUT2D eigenvalue weighted by molar-refractivity contribution is 6.09. The number of amides is 1. The molecule has 2 N–H and O–H groups in total. The van der Waals surface area contributed by atoms with E-state index in [9.17, 15) is 18.7 Å². The summed E-state index contributed by atoms with van der Waals surface area (Å²) >= 11 is 0. The number of nitrogens with zero attached hydrogens (tertiary/aromatic N) is 5. The number of anilines is 2. The Morgan fingerprint density at radius 1 is 1.26 bits per heavy atom. The second-order valence-corrected chi connectivity index (χ2v) is 8.08. The van der Waals surface area contributed by atoms with Crippen molar-refractivity contribution in [1.29, 1.82) is 0 Å². The molecule has 3 heterocycles. The third-order valence-corrected chi connectivity index (χ3v) is 5.80. The summed E-state index contributed by atoms with van der Waals surface area (Å²) in [5.74, 6) is 0.176. The van der Waals surface area contributed by atoms with Crippen LogP contribution in [0.3, 0.4) is 0 Å². The number of rotatable bonds is 9. The molecule has 0 unspecified atom stereocenters. The number of piperazine rings is 1. The standard InChI is InChI=1S/C23H28F2N6O3/c1-2-4-16-11-18(28-23(33)17-13-27-31-6-3-5-26-22(17)31)19(12-20(16)34-15-32)30-9-7-29(8-10-30)14-21(24)25/h3,5-6,11-13,21,32H,2,4,7-10,14-15H2,1H3,(H,28,33). The van der Waals surface area contributed by atoms with E-state index in [1.807, 2.05) is 17.9 Å². The van der Waals surface area contributed by atoms with Crippen LogP contribution in [0.4, 0.5) is 20.2 Å². The van der Waals surface area contributed by atoms with Gasteiger partial charge in [-0.05, 0) is 24.1 Å². The number of benzene rings is 1. The lowest BCUT2D eigenvalue weighted by Gasteiger charge is -2.37. The van der Waals surface area contributed by atoms with Crippen molar-refractivity contribution in [1.82, 2.24) is 19.5 Å². The molecule has 1 aromatic carbocycles. The van der Waals surface area contributed by atoms with E-state index < -0.39 is 13.2 Å². The van der Waals surface area contributed by atoms with Crippen molar-refractivity contribution in [3.05, 3.63) is 47.9 Å². The van der Waals surface area contributed by atoms with Crippen molar-refractivity contribution in [3.8, 4) is 5.75 Å². The molecule has 34 heavy (non-hydrogen) atoms. The van der Waals surface area contributed by atoms with Gasteiger partial charge in [0.1, 0.15) is 11.3 Å². The molecule has 0 saturated carbocycles. The van der Waals surface area contributed by atoms with Crippen LogP contribution < -0.4 is 15.0 Å². The lowest BCUT2D eigenvalue weighted by Crippen LogP contribution is -2.48. The monoisotopic (exact) mass is 474 g/mol. The van der Waals surface area contributed by atoms with Crippen LogP contribution >= 0.6 is 0 Å². The lowest BCUT2D eigenvalue weighted by atomic mass is 10.1. The van der Waals surface area contributed by atoms with Gasteiger partial charge in [-0.2, -0.15) is 5.10 Å². The fourth-order valence-electron chi connectivity index (χ4n) is 4.19. The molecule has 11 heteroatoms. The molecule has 0 radical (unpaired) electrons. The highest BCUT2D eigenvalue weighted by atomic mass is 19.3. The number of ether oxygens (including phenoxy) is 1. The van der Waals surface area contributed by atoms with Gasteiger partial charge >= 0.3 is 0 Å². The van der Waals surface area contributed by atoms with Crippen molar-refractivity contribution >= 4 is 22.9 Å². The van der Waals surface area contributed by atoms with E-state index in [4.69, 9.17) is 4.74 Å². The topological polar surface area (TPSA) is 95.2 Å². The molecule has 1 fully saturated rings. The Morgan fingerprint density at radius 2 is 2.06 bits per heavy atom. The number of hydrogen-bond acceptors (Lipinski definition) is 7. The number of aryl methyl sites for hydroxylation is 1. The first kappa shape index (κ1) is 23.8. The van der Waals surface area contributed by atoms with Gasteiger partial charge in [0.25, 0.3) is 12.3 Å². The van der Waals surface area contributed by atoms with Crippen molar-refractivity contribution in [3.63, 3.8) is 0 Å². The molecule has 182 valence electrons. The van der Waals surface area contributed by atoms with Gasteiger partial charge in [0.2, 0.25) is 0 Å². The number of halogens is 2. The second kappa shape index (κ2) is 10.7. The van der Waals surface area contributed by atoms with E-state index in [2.05, 4.69) is 15.4 Å². The van der Waals surface area contributed by atoms with Gasteiger partial charge in [0.15, 0.2) is 12.4 Å². The van der Waals surface area contributed by atoms with Gasteiger partial charge in [-0.25, -0.2) is 18.3 Å². The zero-order valence-electron chi connectivity index (χ0n) is 19.0. The maximum atomic E-state index is 13.2. The number of aromatic nitrogens is 3. The van der Waals surface area contributed by atoms with Gasteiger partial charge in [0.05, 0.1) is 24.1 Å². The zero-order chi connectivity index (χ0) is 24.1. The molecule has 1 amide bonds. The van der Waals surface area contributed by atoms with E-state index in [0.29, 0.717) is 60.9 Å². The first-order valence-electron chi connectivity index (χ1n) is 11.3. The molecule has 4 rings (SSSR count). The van der Waals surface area contributed by atoms with Crippen molar-refractivity contribution in [2.45, 2.75) is 26.2 Å². The minimum atomic E-state index is -2.38. The number of hydrogen-bond donors (Lipinski definition) is 2. The number of aliphatic hydroxyl groups is 1. The summed E-state index contributed by atoms with van der Waals surface area (Å²) in [6, 6.07) is 5.38. The quantitative estimate of drug-likeness (QED) is 0.461. The maximum Gasteiger partial charge on any atom is 0.261 e. The summed E-state index contributed by atoms with van der Waals surface area (Å²) in [6.07, 6.45) is 3.94. The van der Waals surface area contributed by atoms with Crippen molar-refractivity contribution in [2.75, 3.05) is 49.7 Å². The number of carbonyl (C=O) groups is 1. The van der Waals surface area contributed by atoms with Crippen molar-refractivity contribution in [2.24, 2.45) is 0 Å². The van der Waals surface area contributed by atoms with E-state index >= 15 is 0 Å². The fraction of sp³-hybridized carbons (Fsp3) is 0.435. The predicted molar refractivity (Wildman–Crippen MR) is 124 cm³/mol.